The Hall–Kier alpha value is -5.22. The monoisotopic (exact) mass is 875 g/mol. The Morgan fingerprint density at radius 1 is 1.02 bits per heavy atom. The largest absolute Gasteiger partial charge is 0.507 e. The fraction of sp³-hybridized carbons (Fsp3) is 0.447. The molecular weight excluding hydrogens is 823 g/mol. The Balaban J connectivity index is 0.769. The Labute approximate surface area is 369 Å². The number of phenolic OH excluding ortho intramolecular Hbond substituents is 1. The Kier molecular flexibility index (Phi) is 11.9. The lowest BCUT2D eigenvalue weighted by atomic mass is 9.89. The summed E-state index contributed by atoms with van der Waals surface area (Å²) in [4.78, 5) is 39.7. The fourth-order valence-corrected chi connectivity index (χ4v) is 11.9. The van der Waals surface area contributed by atoms with Crippen LogP contribution in [0.2, 0.25) is 0 Å². The van der Waals surface area contributed by atoms with E-state index in [1.807, 2.05) is 69.6 Å². The number of carbonyl (C=O) groups is 2. The number of β-amino-alcohol motifs (C(OH)–C–C–N with tert-alkyl or cyclic N) is 1. The summed E-state index contributed by atoms with van der Waals surface area (Å²) in [5.41, 5.74) is 7.48. The standard InChI is InChI=1S/C47H53N7O6S2/c1-25(2)36(47(58)54-23-33(55)18-40(54)45(57)49-27(4)29-10-12-30(13-11-29)44-28(5)48-24-61-44)19-34-20-42(52-60-34)59-15-14-53-22-31-16-32(53)17-38(31)43-26(3)37-21-39(50-51-46(37)62-43)35-8-6-7-9-41(35)56/h6-13,20-21,24-25,27,31-33,36,38,40,55-56H,14-19,22-23H2,1-5H3,(H,49,57)/t27-,31+,32+,33+,36-,38+,40-/m0/s1. The maximum atomic E-state index is 14.1. The van der Waals surface area contributed by atoms with Crippen molar-refractivity contribution in [3.8, 4) is 33.3 Å². The highest BCUT2D eigenvalue weighted by atomic mass is 32.1. The number of rotatable bonds is 14. The molecule has 2 aliphatic heterocycles. The summed E-state index contributed by atoms with van der Waals surface area (Å²) in [6, 6.07) is 18.5. The van der Waals surface area contributed by atoms with Crippen LogP contribution in [0, 0.1) is 31.6 Å². The zero-order valence-corrected chi connectivity index (χ0v) is 37.3. The summed E-state index contributed by atoms with van der Waals surface area (Å²) in [6.07, 6.45) is 1.94. The number of nitrogens with one attached hydrogen (secondary N) is 1. The average molecular weight is 876 g/mol. The molecule has 0 radical (unpaired) electrons. The number of piperidine rings is 1. The number of thiophene rings is 1. The van der Waals surface area contributed by atoms with Crippen LogP contribution in [0.5, 0.6) is 11.6 Å². The van der Waals surface area contributed by atoms with E-state index in [1.165, 1.54) is 10.4 Å². The van der Waals surface area contributed by atoms with Crippen molar-refractivity contribution >= 4 is 44.7 Å². The molecule has 13 nitrogen and oxygen atoms in total. The highest BCUT2D eigenvalue weighted by Crippen LogP contribution is 2.51. The number of nitrogens with zero attached hydrogens (tertiary/aromatic N) is 6. The van der Waals surface area contributed by atoms with Gasteiger partial charge in [0.1, 0.15) is 29.0 Å². The minimum atomic E-state index is -0.790. The molecule has 1 aliphatic carbocycles. The van der Waals surface area contributed by atoms with Crippen molar-refractivity contribution in [3.63, 3.8) is 0 Å². The molecule has 0 unspecified atom stereocenters. The van der Waals surface area contributed by atoms with E-state index in [0.29, 0.717) is 53.8 Å². The molecule has 15 heteroatoms. The van der Waals surface area contributed by atoms with Gasteiger partial charge in [0.15, 0.2) is 0 Å². The molecule has 0 spiro atoms. The van der Waals surface area contributed by atoms with Crippen molar-refractivity contribution in [1.82, 2.24) is 35.5 Å². The molecule has 9 rings (SSSR count). The predicted octanol–water partition coefficient (Wildman–Crippen LogP) is 7.70. The number of aromatic nitrogens is 4. The van der Waals surface area contributed by atoms with E-state index in [1.54, 1.807) is 45.8 Å². The second-order valence-electron chi connectivity index (χ2n) is 17.6. The van der Waals surface area contributed by atoms with Crippen LogP contribution in [0.25, 0.3) is 31.9 Å². The van der Waals surface area contributed by atoms with Crippen molar-refractivity contribution in [2.24, 2.45) is 17.8 Å². The van der Waals surface area contributed by atoms with Gasteiger partial charge in [0.05, 0.1) is 33.9 Å². The minimum absolute atomic E-state index is 0.0574. The third-order valence-electron chi connectivity index (χ3n) is 13.3. The number of phenols is 1. The van der Waals surface area contributed by atoms with E-state index in [2.05, 4.69) is 43.5 Å². The number of fused-ring (bicyclic) bond motifs is 3. The number of aromatic hydroxyl groups is 1. The number of carbonyl (C=O) groups excluding carboxylic acids is 2. The van der Waals surface area contributed by atoms with Crippen LogP contribution in [-0.4, -0.2) is 96.6 Å². The summed E-state index contributed by atoms with van der Waals surface area (Å²) in [5.74, 6) is 1.16. The molecule has 1 saturated carbocycles. The summed E-state index contributed by atoms with van der Waals surface area (Å²) in [6.45, 7) is 12.4. The maximum absolute atomic E-state index is 14.1. The normalized spacial score (nSPS) is 22.2. The first-order chi connectivity index (χ1) is 29.9. The molecule has 6 heterocycles. The molecule has 3 aliphatic rings. The molecular formula is C47H53N7O6S2. The second kappa shape index (κ2) is 17.5. The number of hydrogen-bond donors (Lipinski definition) is 3. The van der Waals surface area contributed by atoms with Gasteiger partial charge in [-0.05, 0) is 91.4 Å². The molecule has 2 amide bonds. The molecule has 4 aromatic heterocycles. The molecule has 3 fully saturated rings. The summed E-state index contributed by atoms with van der Waals surface area (Å²) in [7, 11) is 0. The highest BCUT2D eigenvalue weighted by molar-refractivity contribution is 7.19. The molecule has 3 N–H and O–H groups in total. The average Bonchev–Trinajstić information content (AvgIpc) is 4.14. The Morgan fingerprint density at radius 2 is 1.82 bits per heavy atom. The van der Waals surface area contributed by atoms with Gasteiger partial charge < -0.3 is 29.7 Å². The van der Waals surface area contributed by atoms with Gasteiger partial charge in [-0.1, -0.05) is 50.2 Å². The summed E-state index contributed by atoms with van der Waals surface area (Å²) in [5, 5.41) is 38.5. The number of aliphatic hydroxyl groups is 1. The quantitative estimate of drug-likeness (QED) is 0.0982. The zero-order valence-electron chi connectivity index (χ0n) is 35.7. The smallest absolute Gasteiger partial charge is 0.254 e. The lowest BCUT2D eigenvalue weighted by molar-refractivity contribution is -0.143. The van der Waals surface area contributed by atoms with Gasteiger partial charge in [-0.15, -0.1) is 32.9 Å². The number of para-hydroxylation sites is 1. The predicted molar refractivity (Wildman–Crippen MR) is 239 cm³/mol. The van der Waals surface area contributed by atoms with Crippen LogP contribution in [0.1, 0.15) is 79.5 Å². The van der Waals surface area contributed by atoms with Crippen LogP contribution in [-0.2, 0) is 16.0 Å². The second-order valence-corrected chi connectivity index (χ2v) is 19.5. The van der Waals surface area contributed by atoms with Crippen molar-refractivity contribution in [2.45, 2.75) is 90.4 Å². The Morgan fingerprint density at radius 3 is 2.55 bits per heavy atom. The third kappa shape index (κ3) is 8.35. The summed E-state index contributed by atoms with van der Waals surface area (Å²) < 4.78 is 11.8. The molecule has 7 atom stereocenters. The number of likely N-dealkylation sites (tertiary alicyclic amines) is 2. The first-order valence-electron chi connectivity index (χ1n) is 21.6. The van der Waals surface area contributed by atoms with Gasteiger partial charge >= 0.3 is 0 Å². The highest BCUT2D eigenvalue weighted by Gasteiger charge is 2.46. The lowest BCUT2D eigenvalue weighted by Gasteiger charge is -2.31. The SMILES string of the molecule is Cc1ncsc1-c1ccc([C@H](C)NC(=O)[C@@H]2C[C@@H](O)CN2C(=O)[C@@H](Cc2cc(OCCN3C[C@H]4C[C@@H]3C[C@H]4c3sc4nnc(-c5ccccc5O)cc4c3C)no2)C(C)C)cc1. The Bertz CT molecular complexity index is 2570. The van der Waals surface area contributed by atoms with Crippen LogP contribution < -0.4 is 10.1 Å². The first-order valence-corrected chi connectivity index (χ1v) is 23.3. The van der Waals surface area contributed by atoms with E-state index in [4.69, 9.17) is 9.26 Å². The number of amides is 2. The van der Waals surface area contributed by atoms with E-state index < -0.39 is 18.1 Å². The van der Waals surface area contributed by atoms with E-state index in [0.717, 1.165) is 57.8 Å². The van der Waals surface area contributed by atoms with Crippen LogP contribution >= 0.6 is 22.7 Å². The topological polar surface area (TPSA) is 167 Å². The van der Waals surface area contributed by atoms with E-state index >= 15 is 0 Å². The van der Waals surface area contributed by atoms with Crippen LogP contribution in [0.3, 0.4) is 0 Å². The van der Waals surface area contributed by atoms with E-state index in [-0.39, 0.29) is 42.5 Å². The van der Waals surface area contributed by atoms with Crippen molar-refractivity contribution in [1.29, 1.82) is 0 Å². The fourth-order valence-electron chi connectivity index (χ4n) is 9.82. The number of hydrogen-bond acceptors (Lipinski definition) is 13. The van der Waals surface area contributed by atoms with Gasteiger partial charge in [-0.25, -0.2) is 4.98 Å². The van der Waals surface area contributed by atoms with Gasteiger partial charge in [-0.3, -0.25) is 14.5 Å². The van der Waals surface area contributed by atoms with Crippen LogP contribution in [0.4, 0.5) is 0 Å². The number of thiazole rings is 1. The molecule has 6 aromatic rings. The number of aryl methyl sites for hydroxylation is 2. The third-order valence-corrected chi connectivity index (χ3v) is 15.6. The number of aliphatic hydroxyl groups excluding tert-OH is 1. The maximum Gasteiger partial charge on any atom is 0.254 e. The number of ether oxygens (including phenoxy) is 1. The summed E-state index contributed by atoms with van der Waals surface area (Å²) >= 11 is 3.35. The van der Waals surface area contributed by atoms with Crippen molar-refractivity contribution in [3.05, 3.63) is 93.6 Å². The molecule has 324 valence electrons. The molecule has 62 heavy (non-hydrogen) atoms. The minimum Gasteiger partial charge on any atom is -0.507 e. The van der Waals surface area contributed by atoms with Crippen LogP contribution in [0.15, 0.2) is 70.7 Å². The number of benzene rings is 2. The van der Waals surface area contributed by atoms with Gasteiger partial charge in [0.2, 0.25) is 11.8 Å². The van der Waals surface area contributed by atoms with Crippen molar-refractivity contribution < 1.29 is 29.1 Å². The first kappa shape index (κ1) is 42.1. The van der Waals surface area contributed by atoms with Gasteiger partial charge in [-0.2, -0.15) is 0 Å². The molecule has 2 aromatic carbocycles. The zero-order chi connectivity index (χ0) is 43.2. The molecule has 2 bridgehead atoms. The van der Waals surface area contributed by atoms with Gasteiger partial charge in [0, 0.05) is 66.3 Å². The van der Waals surface area contributed by atoms with Crippen molar-refractivity contribution in [2.75, 3.05) is 26.2 Å². The lowest BCUT2D eigenvalue weighted by Crippen LogP contribution is -2.49. The van der Waals surface area contributed by atoms with E-state index in [9.17, 15) is 19.8 Å². The molecule has 2 saturated heterocycles. The van der Waals surface area contributed by atoms with Gasteiger partial charge in [0.25, 0.3) is 5.88 Å².